The zero-order valence-electron chi connectivity index (χ0n) is 15.4. The highest BCUT2D eigenvalue weighted by Gasteiger charge is 2.27. The molecule has 0 saturated carbocycles. The lowest BCUT2D eigenvalue weighted by molar-refractivity contribution is -0.120. The first-order valence-electron chi connectivity index (χ1n) is 8.36. The zero-order chi connectivity index (χ0) is 19.6. The number of hydrogen-bond donors (Lipinski definition) is 1. The molecule has 1 aromatic heterocycles. The maximum atomic E-state index is 12.4. The molecule has 0 bridgehead atoms. The Labute approximate surface area is 161 Å². The number of carbonyl (C=O) groups excluding carboxylic acids is 3. The van der Waals surface area contributed by atoms with Crippen LogP contribution in [0.2, 0.25) is 0 Å². The van der Waals surface area contributed by atoms with Gasteiger partial charge in [0.15, 0.2) is 0 Å². The highest BCUT2D eigenvalue weighted by molar-refractivity contribution is 8.00. The second-order valence-electron chi connectivity index (χ2n) is 6.42. The molecule has 27 heavy (non-hydrogen) atoms. The maximum Gasteiger partial charge on any atom is 0.253 e. The molecule has 1 N–H and O–H groups in total. The van der Waals surface area contributed by atoms with Gasteiger partial charge in [0.2, 0.25) is 11.8 Å². The first-order valence-corrected chi connectivity index (χ1v) is 9.35. The van der Waals surface area contributed by atoms with Crippen LogP contribution in [0.1, 0.15) is 15.9 Å². The molecule has 0 radical (unpaired) electrons. The van der Waals surface area contributed by atoms with Crippen LogP contribution in [-0.2, 0) is 9.59 Å². The smallest absolute Gasteiger partial charge is 0.253 e. The zero-order valence-corrected chi connectivity index (χ0v) is 16.2. The molecule has 2 heterocycles. The number of aromatic nitrogens is 1. The van der Waals surface area contributed by atoms with Crippen LogP contribution in [-0.4, -0.2) is 54.0 Å². The molecule has 3 rings (SSSR count). The summed E-state index contributed by atoms with van der Waals surface area (Å²) in [6.07, 6.45) is 1.66. The predicted octanol–water partition coefficient (Wildman–Crippen LogP) is 2.17. The Morgan fingerprint density at radius 2 is 2.04 bits per heavy atom. The van der Waals surface area contributed by atoms with Crippen molar-refractivity contribution >= 4 is 41.0 Å². The van der Waals surface area contributed by atoms with E-state index in [4.69, 9.17) is 0 Å². The number of hydrogen-bond acceptors (Lipinski definition) is 5. The molecule has 8 heteroatoms. The summed E-state index contributed by atoms with van der Waals surface area (Å²) < 4.78 is 0. The van der Waals surface area contributed by atoms with Gasteiger partial charge in [-0.15, -0.1) is 11.8 Å². The van der Waals surface area contributed by atoms with E-state index < -0.39 is 0 Å². The second-order valence-corrected chi connectivity index (χ2v) is 7.44. The van der Waals surface area contributed by atoms with Gasteiger partial charge < -0.3 is 15.1 Å². The van der Waals surface area contributed by atoms with Crippen LogP contribution in [0.4, 0.5) is 11.5 Å². The number of nitrogens with zero attached hydrogens (tertiary/aromatic N) is 3. The first-order chi connectivity index (χ1) is 12.8. The number of carbonyl (C=O) groups is 3. The van der Waals surface area contributed by atoms with Crippen LogP contribution in [0.5, 0.6) is 0 Å². The molecular weight excluding hydrogens is 364 g/mol. The van der Waals surface area contributed by atoms with Crippen molar-refractivity contribution in [2.24, 2.45) is 0 Å². The van der Waals surface area contributed by atoms with Gasteiger partial charge in [0, 0.05) is 30.8 Å². The molecule has 0 atom stereocenters. The van der Waals surface area contributed by atoms with E-state index in [2.05, 4.69) is 10.3 Å². The summed E-state index contributed by atoms with van der Waals surface area (Å²) >= 11 is 1.40. The average Bonchev–Trinajstić information content (AvgIpc) is 2.65. The van der Waals surface area contributed by atoms with Gasteiger partial charge in [-0.05, 0) is 36.8 Å². The van der Waals surface area contributed by atoms with Crippen LogP contribution < -0.4 is 10.2 Å². The second kappa shape index (κ2) is 7.79. The first kappa shape index (κ1) is 18.9. The van der Waals surface area contributed by atoms with E-state index in [1.165, 1.54) is 21.6 Å². The summed E-state index contributed by atoms with van der Waals surface area (Å²) in [5.74, 6) is 0.00968. The van der Waals surface area contributed by atoms with Gasteiger partial charge in [-0.3, -0.25) is 14.4 Å². The molecule has 1 aliphatic heterocycles. The standard InChI is InChI=1S/C19H20N4O3S/c1-12-4-7-16(20-9-12)21-17(24)10-23-14-8-13(19(26)22(2)3)5-6-15(14)27-11-18(23)25/h4-9H,10-11H2,1-3H3,(H,20,21,24). The van der Waals surface area contributed by atoms with E-state index in [-0.39, 0.29) is 30.0 Å². The third-order valence-corrected chi connectivity index (χ3v) is 5.08. The lowest BCUT2D eigenvalue weighted by atomic mass is 10.1. The summed E-state index contributed by atoms with van der Waals surface area (Å²) in [5, 5.41) is 2.70. The molecule has 0 saturated heterocycles. The number of rotatable bonds is 4. The van der Waals surface area contributed by atoms with E-state index in [9.17, 15) is 14.4 Å². The SMILES string of the molecule is Cc1ccc(NC(=O)CN2C(=O)CSc3ccc(C(=O)N(C)C)cc32)nc1. The van der Waals surface area contributed by atoms with Crippen LogP contribution >= 0.6 is 11.8 Å². The van der Waals surface area contributed by atoms with E-state index >= 15 is 0 Å². The van der Waals surface area contributed by atoms with Gasteiger partial charge in [-0.25, -0.2) is 4.98 Å². The Morgan fingerprint density at radius 1 is 1.26 bits per heavy atom. The van der Waals surface area contributed by atoms with Gasteiger partial charge in [0.1, 0.15) is 12.4 Å². The lowest BCUT2D eigenvalue weighted by Gasteiger charge is -2.29. The van der Waals surface area contributed by atoms with Crippen LogP contribution in [0.25, 0.3) is 0 Å². The van der Waals surface area contributed by atoms with Crippen molar-refractivity contribution in [2.45, 2.75) is 11.8 Å². The number of benzene rings is 1. The van der Waals surface area contributed by atoms with E-state index in [1.807, 2.05) is 19.1 Å². The maximum absolute atomic E-state index is 12.4. The number of nitrogens with one attached hydrogen (secondary N) is 1. The fraction of sp³-hybridized carbons (Fsp3) is 0.263. The molecule has 0 unspecified atom stereocenters. The Bertz CT molecular complexity index is 896. The average molecular weight is 384 g/mol. The van der Waals surface area contributed by atoms with E-state index in [0.29, 0.717) is 17.1 Å². The molecule has 2 aromatic rings. The summed E-state index contributed by atoms with van der Waals surface area (Å²) in [6.45, 7) is 1.77. The molecule has 0 fully saturated rings. The molecule has 7 nitrogen and oxygen atoms in total. The summed E-state index contributed by atoms with van der Waals surface area (Å²) in [6, 6.07) is 8.77. The van der Waals surface area contributed by atoms with Gasteiger partial charge in [0.25, 0.3) is 5.91 Å². The van der Waals surface area contributed by atoms with Crippen molar-refractivity contribution in [1.29, 1.82) is 0 Å². The molecular formula is C19H20N4O3S. The van der Waals surface area contributed by atoms with Crippen molar-refractivity contribution in [2.75, 3.05) is 36.6 Å². The molecule has 0 spiro atoms. The molecule has 140 valence electrons. The highest BCUT2D eigenvalue weighted by Crippen LogP contribution is 2.36. The minimum atomic E-state index is -0.345. The van der Waals surface area contributed by atoms with Gasteiger partial charge in [-0.2, -0.15) is 0 Å². The highest BCUT2D eigenvalue weighted by atomic mass is 32.2. The van der Waals surface area contributed by atoms with E-state index in [1.54, 1.807) is 38.5 Å². The Balaban J connectivity index is 1.82. The number of anilines is 2. The topological polar surface area (TPSA) is 82.6 Å². The van der Waals surface area contributed by atoms with Crippen LogP contribution in [0, 0.1) is 6.92 Å². The fourth-order valence-corrected chi connectivity index (χ4v) is 3.55. The Hall–Kier alpha value is -2.87. The molecule has 0 aliphatic carbocycles. The van der Waals surface area contributed by atoms with Gasteiger partial charge in [-0.1, -0.05) is 6.07 Å². The predicted molar refractivity (Wildman–Crippen MR) is 105 cm³/mol. The van der Waals surface area contributed by atoms with Crippen molar-refractivity contribution in [3.8, 4) is 0 Å². The third-order valence-electron chi connectivity index (χ3n) is 4.04. The quantitative estimate of drug-likeness (QED) is 0.874. The van der Waals surface area contributed by atoms with Crippen molar-refractivity contribution in [1.82, 2.24) is 9.88 Å². The van der Waals surface area contributed by atoms with Gasteiger partial charge in [0.05, 0.1) is 11.4 Å². The van der Waals surface area contributed by atoms with Crippen LogP contribution in [0.15, 0.2) is 41.4 Å². The minimum Gasteiger partial charge on any atom is -0.345 e. The third kappa shape index (κ3) is 4.28. The number of thioether (sulfide) groups is 1. The van der Waals surface area contributed by atoms with Crippen molar-refractivity contribution < 1.29 is 14.4 Å². The molecule has 1 aromatic carbocycles. The molecule has 3 amide bonds. The van der Waals surface area contributed by atoms with Crippen molar-refractivity contribution in [3.63, 3.8) is 0 Å². The van der Waals surface area contributed by atoms with E-state index in [0.717, 1.165) is 10.5 Å². The molecule has 1 aliphatic rings. The summed E-state index contributed by atoms with van der Waals surface area (Å²) in [5.41, 5.74) is 2.04. The number of aryl methyl sites for hydroxylation is 1. The number of amides is 3. The Kier molecular flexibility index (Phi) is 5.46. The normalized spacial score (nSPS) is 13.1. The Morgan fingerprint density at radius 3 is 2.70 bits per heavy atom. The fourth-order valence-electron chi connectivity index (χ4n) is 2.63. The van der Waals surface area contributed by atoms with Crippen LogP contribution in [0.3, 0.4) is 0 Å². The van der Waals surface area contributed by atoms with Crippen molar-refractivity contribution in [3.05, 3.63) is 47.7 Å². The summed E-state index contributed by atoms with van der Waals surface area (Å²) in [7, 11) is 3.34. The number of fused-ring (bicyclic) bond motifs is 1. The lowest BCUT2D eigenvalue weighted by Crippen LogP contribution is -2.41. The largest absolute Gasteiger partial charge is 0.345 e. The minimum absolute atomic E-state index is 0.137. The summed E-state index contributed by atoms with van der Waals surface area (Å²) in [4.78, 5) is 45.0. The monoisotopic (exact) mass is 384 g/mol. The number of pyridine rings is 1. The van der Waals surface area contributed by atoms with Gasteiger partial charge >= 0.3 is 0 Å².